The Morgan fingerprint density at radius 1 is 1.43 bits per heavy atom. The van der Waals surface area contributed by atoms with Gasteiger partial charge in [0.2, 0.25) is 0 Å². The highest BCUT2D eigenvalue weighted by atomic mass is 32.1. The smallest absolute Gasteiger partial charge is 0.258 e. The van der Waals surface area contributed by atoms with Crippen molar-refractivity contribution in [3.05, 3.63) is 51.7 Å². The summed E-state index contributed by atoms with van der Waals surface area (Å²) >= 11 is 1.62. The normalized spacial score (nSPS) is 17.3. The number of amides is 1. The standard InChI is InChI=1S/C18H21NO3S/c1-13-4-5-16(17(20)9-13)18(21)19(10-14-6-8-23-12-14)11-15-3-2-7-22-15/h4-6,8-9,12,15,20H,2-3,7,10-11H2,1H3. The molecule has 1 saturated heterocycles. The third-order valence-corrected chi connectivity index (χ3v) is 4.80. The van der Waals surface area contributed by atoms with E-state index < -0.39 is 0 Å². The summed E-state index contributed by atoms with van der Waals surface area (Å²) in [5, 5.41) is 14.2. The molecule has 23 heavy (non-hydrogen) atoms. The zero-order valence-corrected chi connectivity index (χ0v) is 14.0. The first-order valence-electron chi connectivity index (χ1n) is 7.85. The maximum atomic E-state index is 12.9. The number of aromatic hydroxyl groups is 1. The lowest BCUT2D eigenvalue weighted by Gasteiger charge is -2.25. The maximum Gasteiger partial charge on any atom is 0.258 e. The van der Waals surface area contributed by atoms with Crippen LogP contribution in [0.4, 0.5) is 0 Å². The lowest BCUT2D eigenvalue weighted by atomic mass is 10.1. The van der Waals surface area contributed by atoms with E-state index in [1.165, 1.54) is 0 Å². The quantitative estimate of drug-likeness (QED) is 0.911. The van der Waals surface area contributed by atoms with Gasteiger partial charge in [-0.15, -0.1) is 0 Å². The zero-order valence-electron chi connectivity index (χ0n) is 13.2. The summed E-state index contributed by atoms with van der Waals surface area (Å²) in [6, 6.07) is 7.20. The molecule has 0 radical (unpaired) electrons. The highest BCUT2D eigenvalue weighted by Crippen LogP contribution is 2.23. The van der Waals surface area contributed by atoms with Crippen LogP contribution in [-0.4, -0.2) is 35.2 Å². The number of carbonyl (C=O) groups excluding carboxylic acids is 1. The Labute approximate surface area is 140 Å². The molecule has 2 aromatic rings. The minimum Gasteiger partial charge on any atom is -0.507 e. The monoisotopic (exact) mass is 331 g/mol. The van der Waals surface area contributed by atoms with Gasteiger partial charge in [0.1, 0.15) is 5.75 Å². The van der Waals surface area contributed by atoms with Crippen molar-refractivity contribution in [1.82, 2.24) is 4.90 Å². The molecule has 1 atom stereocenters. The van der Waals surface area contributed by atoms with Gasteiger partial charge in [-0.25, -0.2) is 0 Å². The van der Waals surface area contributed by atoms with Gasteiger partial charge in [0.15, 0.2) is 0 Å². The molecule has 3 rings (SSSR count). The molecule has 1 aromatic carbocycles. The number of phenolic OH excluding ortho intramolecular Hbond substituents is 1. The van der Waals surface area contributed by atoms with Gasteiger partial charge in [0.05, 0.1) is 11.7 Å². The van der Waals surface area contributed by atoms with Crippen molar-refractivity contribution in [3.8, 4) is 5.75 Å². The first-order chi connectivity index (χ1) is 11.1. The summed E-state index contributed by atoms with van der Waals surface area (Å²) < 4.78 is 5.68. The number of hydrogen-bond acceptors (Lipinski definition) is 4. The number of nitrogens with zero attached hydrogens (tertiary/aromatic N) is 1. The van der Waals surface area contributed by atoms with Gasteiger partial charge in [0, 0.05) is 19.7 Å². The Morgan fingerprint density at radius 2 is 2.30 bits per heavy atom. The Balaban J connectivity index is 1.81. The second-order valence-electron chi connectivity index (χ2n) is 5.97. The van der Waals surface area contributed by atoms with Gasteiger partial charge < -0.3 is 14.7 Å². The summed E-state index contributed by atoms with van der Waals surface area (Å²) in [7, 11) is 0. The van der Waals surface area contributed by atoms with E-state index in [2.05, 4.69) is 0 Å². The Hall–Kier alpha value is -1.85. The Kier molecular flexibility index (Phi) is 4.98. The minimum absolute atomic E-state index is 0.0395. The van der Waals surface area contributed by atoms with Crippen molar-refractivity contribution in [2.24, 2.45) is 0 Å². The lowest BCUT2D eigenvalue weighted by molar-refractivity contribution is 0.0505. The highest BCUT2D eigenvalue weighted by molar-refractivity contribution is 7.07. The molecule has 122 valence electrons. The zero-order chi connectivity index (χ0) is 16.2. The van der Waals surface area contributed by atoms with Gasteiger partial charge in [0.25, 0.3) is 5.91 Å². The third-order valence-electron chi connectivity index (χ3n) is 4.07. The topological polar surface area (TPSA) is 49.8 Å². The number of ether oxygens (including phenoxy) is 1. The second-order valence-corrected chi connectivity index (χ2v) is 6.75. The molecular weight excluding hydrogens is 310 g/mol. The molecule has 0 aliphatic carbocycles. The molecule has 5 heteroatoms. The molecule has 1 aliphatic heterocycles. The van der Waals surface area contributed by atoms with E-state index >= 15 is 0 Å². The van der Waals surface area contributed by atoms with Crippen LogP contribution >= 0.6 is 11.3 Å². The van der Waals surface area contributed by atoms with Crippen LogP contribution in [0.25, 0.3) is 0 Å². The van der Waals surface area contributed by atoms with E-state index in [-0.39, 0.29) is 17.8 Å². The molecular formula is C18H21NO3S. The summed E-state index contributed by atoms with van der Waals surface area (Å²) in [5.41, 5.74) is 2.39. The first kappa shape index (κ1) is 16.0. The molecule has 0 bridgehead atoms. The van der Waals surface area contributed by atoms with E-state index in [0.29, 0.717) is 18.7 Å². The molecule has 1 amide bonds. The molecule has 1 aliphatic rings. The van der Waals surface area contributed by atoms with E-state index in [9.17, 15) is 9.90 Å². The predicted octanol–water partition coefficient (Wildman–Crippen LogP) is 3.58. The molecule has 1 N–H and O–H groups in total. The van der Waals surface area contributed by atoms with Gasteiger partial charge in [-0.1, -0.05) is 6.07 Å². The fourth-order valence-corrected chi connectivity index (χ4v) is 3.51. The molecule has 0 spiro atoms. The predicted molar refractivity (Wildman–Crippen MR) is 90.9 cm³/mol. The summed E-state index contributed by atoms with van der Waals surface area (Å²) in [6.07, 6.45) is 2.11. The lowest BCUT2D eigenvalue weighted by Crippen LogP contribution is -2.36. The number of carbonyl (C=O) groups is 1. The van der Waals surface area contributed by atoms with E-state index in [0.717, 1.165) is 30.6 Å². The van der Waals surface area contributed by atoms with Crippen LogP contribution in [0, 0.1) is 6.92 Å². The van der Waals surface area contributed by atoms with Gasteiger partial charge in [-0.3, -0.25) is 4.79 Å². The van der Waals surface area contributed by atoms with Gasteiger partial charge >= 0.3 is 0 Å². The van der Waals surface area contributed by atoms with Crippen molar-refractivity contribution >= 4 is 17.2 Å². The van der Waals surface area contributed by atoms with Crippen LogP contribution in [0.1, 0.15) is 34.3 Å². The Bertz CT molecular complexity index is 663. The number of hydrogen-bond donors (Lipinski definition) is 1. The molecule has 4 nitrogen and oxygen atoms in total. The largest absolute Gasteiger partial charge is 0.507 e. The van der Waals surface area contributed by atoms with E-state index in [1.54, 1.807) is 28.4 Å². The average molecular weight is 331 g/mol. The summed E-state index contributed by atoms with van der Waals surface area (Å²) in [5.74, 6) is -0.109. The molecule has 1 unspecified atom stereocenters. The van der Waals surface area contributed by atoms with Crippen LogP contribution in [0.5, 0.6) is 5.75 Å². The van der Waals surface area contributed by atoms with Crippen LogP contribution < -0.4 is 0 Å². The SMILES string of the molecule is Cc1ccc(C(=O)N(Cc2ccsc2)CC2CCCO2)c(O)c1. The average Bonchev–Trinajstić information content (AvgIpc) is 3.19. The summed E-state index contributed by atoms with van der Waals surface area (Å²) in [6.45, 7) is 3.75. The first-order valence-corrected chi connectivity index (χ1v) is 8.79. The van der Waals surface area contributed by atoms with Crippen molar-refractivity contribution in [1.29, 1.82) is 0 Å². The second kappa shape index (κ2) is 7.15. The van der Waals surface area contributed by atoms with Gasteiger partial charge in [-0.05, 0) is 59.9 Å². The molecule has 0 saturated carbocycles. The van der Waals surface area contributed by atoms with E-state index in [4.69, 9.17) is 4.74 Å². The fraction of sp³-hybridized carbons (Fsp3) is 0.389. The highest BCUT2D eigenvalue weighted by Gasteiger charge is 2.25. The number of benzene rings is 1. The van der Waals surface area contributed by atoms with Crippen LogP contribution in [0.3, 0.4) is 0 Å². The third kappa shape index (κ3) is 3.92. The minimum atomic E-state index is -0.149. The number of aryl methyl sites for hydroxylation is 1. The van der Waals surface area contributed by atoms with Crippen molar-refractivity contribution < 1.29 is 14.6 Å². The van der Waals surface area contributed by atoms with Crippen LogP contribution in [0.2, 0.25) is 0 Å². The van der Waals surface area contributed by atoms with Crippen molar-refractivity contribution in [2.75, 3.05) is 13.2 Å². The number of rotatable bonds is 5. The maximum absolute atomic E-state index is 12.9. The fourth-order valence-electron chi connectivity index (χ4n) is 2.85. The number of thiophene rings is 1. The molecule has 2 heterocycles. The van der Waals surface area contributed by atoms with Crippen LogP contribution in [-0.2, 0) is 11.3 Å². The summed E-state index contributed by atoms with van der Waals surface area (Å²) in [4.78, 5) is 14.7. The van der Waals surface area contributed by atoms with Crippen LogP contribution in [0.15, 0.2) is 35.0 Å². The van der Waals surface area contributed by atoms with Crippen molar-refractivity contribution in [3.63, 3.8) is 0 Å². The van der Waals surface area contributed by atoms with Gasteiger partial charge in [-0.2, -0.15) is 11.3 Å². The molecule has 1 aromatic heterocycles. The molecule has 1 fully saturated rings. The van der Waals surface area contributed by atoms with Crippen molar-refractivity contribution in [2.45, 2.75) is 32.4 Å². The Morgan fingerprint density at radius 3 is 2.96 bits per heavy atom. The van der Waals surface area contributed by atoms with E-state index in [1.807, 2.05) is 29.8 Å². The number of phenols is 1.